The summed E-state index contributed by atoms with van der Waals surface area (Å²) < 4.78 is 2.86. The zero-order valence-electron chi connectivity index (χ0n) is 18.1. The highest BCUT2D eigenvalue weighted by molar-refractivity contribution is 7.16. The number of nitrogens with one attached hydrogen (secondary N) is 1. The quantitative estimate of drug-likeness (QED) is 0.660. The minimum Gasteiger partial charge on any atom is -0.353 e. The van der Waals surface area contributed by atoms with Gasteiger partial charge >= 0.3 is 0 Å². The van der Waals surface area contributed by atoms with Crippen LogP contribution >= 0.6 is 11.3 Å². The predicted octanol–water partition coefficient (Wildman–Crippen LogP) is 3.30. The van der Waals surface area contributed by atoms with Crippen molar-refractivity contribution in [2.75, 3.05) is 27.2 Å². The van der Waals surface area contributed by atoms with Crippen molar-refractivity contribution in [3.05, 3.63) is 64.0 Å². The molecule has 0 spiro atoms. The maximum atomic E-state index is 12.8. The highest BCUT2D eigenvalue weighted by Crippen LogP contribution is 2.22. The van der Waals surface area contributed by atoms with Gasteiger partial charge < -0.3 is 14.8 Å². The van der Waals surface area contributed by atoms with Crippen LogP contribution in [0.25, 0.3) is 10.2 Å². The summed E-state index contributed by atoms with van der Waals surface area (Å²) in [5.41, 5.74) is 3.64. The van der Waals surface area contributed by atoms with E-state index in [0.29, 0.717) is 16.9 Å². The SMILES string of the molecule is Cc1ccc(C(=O)N=c2sc3cc(C)ccc3n2[C@H](C)C(=O)NCCN(C)C)cc1. The van der Waals surface area contributed by atoms with E-state index in [2.05, 4.69) is 16.4 Å². The third kappa shape index (κ3) is 5.04. The number of nitrogens with zero attached hydrogens (tertiary/aromatic N) is 3. The van der Waals surface area contributed by atoms with Crippen LogP contribution in [-0.4, -0.2) is 48.5 Å². The van der Waals surface area contributed by atoms with Crippen LogP contribution in [0.2, 0.25) is 0 Å². The predicted molar refractivity (Wildman–Crippen MR) is 122 cm³/mol. The van der Waals surface area contributed by atoms with E-state index in [0.717, 1.165) is 27.9 Å². The average Bonchev–Trinajstić information content (AvgIpc) is 3.04. The Kier molecular flexibility index (Phi) is 6.84. The number of hydrogen-bond donors (Lipinski definition) is 1. The van der Waals surface area contributed by atoms with Crippen LogP contribution in [0.15, 0.2) is 47.5 Å². The van der Waals surface area contributed by atoms with Crippen LogP contribution in [0.1, 0.15) is 34.5 Å². The van der Waals surface area contributed by atoms with Gasteiger partial charge in [-0.1, -0.05) is 35.1 Å². The second-order valence-corrected chi connectivity index (χ2v) is 8.79. The molecule has 158 valence electrons. The van der Waals surface area contributed by atoms with Gasteiger partial charge in [-0.25, -0.2) is 0 Å². The molecule has 1 N–H and O–H groups in total. The first-order chi connectivity index (χ1) is 14.3. The Hall–Kier alpha value is -2.77. The van der Waals surface area contributed by atoms with Gasteiger partial charge in [-0.3, -0.25) is 9.59 Å². The van der Waals surface area contributed by atoms with Crippen molar-refractivity contribution in [2.24, 2.45) is 4.99 Å². The molecule has 1 atom stereocenters. The standard InChI is InChI=1S/C23H28N4O2S/c1-15-6-9-18(10-7-15)22(29)25-23-27(17(3)21(28)24-12-13-26(4)5)19-11-8-16(2)14-20(19)30-23/h6-11,14,17H,12-13H2,1-5H3,(H,24,28)/t17-/m1/s1. The Morgan fingerprint density at radius 3 is 2.43 bits per heavy atom. The molecule has 2 aromatic carbocycles. The van der Waals surface area contributed by atoms with Crippen LogP contribution in [0.5, 0.6) is 0 Å². The molecule has 2 amide bonds. The molecule has 0 saturated carbocycles. The maximum absolute atomic E-state index is 12.8. The molecule has 1 heterocycles. The monoisotopic (exact) mass is 424 g/mol. The molecule has 6 nitrogen and oxygen atoms in total. The van der Waals surface area contributed by atoms with Gasteiger partial charge in [0, 0.05) is 18.7 Å². The van der Waals surface area contributed by atoms with E-state index < -0.39 is 6.04 Å². The van der Waals surface area contributed by atoms with Crippen LogP contribution in [-0.2, 0) is 4.79 Å². The number of aromatic nitrogens is 1. The zero-order valence-corrected chi connectivity index (χ0v) is 18.9. The number of rotatable bonds is 6. The third-order valence-electron chi connectivity index (χ3n) is 4.90. The lowest BCUT2D eigenvalue weighted by Gasteiger charge is -2.16. The number of fused-ring (bicyclic) bond motifs is 1. The summed E-state index contributed by atoms with van der Waals surface area (Å²) in [5, 5.41) is 2.97. The number of hydrogen-bond acceptors (Lipinski definition) is 4. The highest BCUT2D eigenvalue weighted by atomic mass is 32.1. The van der Waals surface area contributed by atoms with Crippen molar-refractivity contribution in [1.29, 1.82) is 0 Å². The van der Waals surface area contributed by atoms with E-state index in [9.17, 15) is 9.59 Å². The van der Waals surface area contributed by atoms with Gasteiger partial charge in [-0.05, 0) is 64.7 Å². The Morgan fingerprint density at radius 2 is 1.77 bits per heavy atom. The lowest BCUT2D eigenvalue weighted by atomic mass is 10.1. The van der Waals surface area contributed by atoms with Crippen molar-refractivity contribution in [3.8, 4) is 0 Å². The molecule has 3 aromatic rings. The molecule has 0 unspecified atom stereocenters. The van der Waals surface area contributed by atoms with Crippen molar-refractivity contribution < 1.29 is 9.59 Å². The van der Waals surface area contributed by atoms with Crippen LogP contribution < -0.4 is 10.1 Å². The number of thiazole rings is 1. The molecule has 1 aromatic heterocycles. The smallest absolute Gasteiger partial charge is 0.279 e. The lowest BCUT2D eigenvalue weighted by Crippen LogP contribution is -2.37. The Labute approximate surface area is 180 Å². The molecule has 0 aliphatic rings. The molecule has 0 fully saturated rings. The van der Waals surface area contributed by atoms with Crippen molar-refractivity contribution in [2.45, 2.75) is 26.8 Å². The second kappa shape index (κ2) is 9.36. The van der Waals surface area contributed by atoms with Crippen LogP contribution in [0.4, 0.5) is 0 Å². The maximum Gasteiger partial charge on any atom is 0.279 e. The molecule has 0 aliphatic carbocycles. The van der Waals surface area contributed by atoms with Crippen LogP contribution in [0.3, 0.4) is 0 Å². The number of benzene rings is 2. The number of carbonyl (C=O) groups excluding carboxylic acids is 2. The van der Waals surface area contributed by atoms with E-state index in [4.69, 9.17) is 0 Å². The molecule has 0 radical (unpaired) electrons. The first kappa shape index (κ1) is 21.9. The topological polar surface area (TPSA) is 66.7 Å². The number of carbonyl (C=O) groups is 2. The van der Waals surface area contributed by atoms with E-state index in [1.165, 1.54) is 11.3 Å². The summed E-state index contributed by atoms with van der Waals surface area (Å²) in [6, 6.07) is 12.9. The number of amides is 2. The van der Waals surface area contributed by atoms with E-state index in [-0.39, 0.29) is 11.8 Å². The summed E-state index contributed by atoms with van der Waals surface area (Å²) >= 11 is 1.43. The van der Waals surface area contributed by atoms with Gasteiger partial charge in [-0.2, -0.15) is 4.99 Å². The fourth-order valence-electron chi connectivity index (χ4n) is 3.12. The summed E-state index contributed by atoms with van der Waals surface area (Å²) in [6.07, 6.45) is 0. The minimum absolute atomic E-state index is 0.0960. The minimum atomic E-state index is -0.492. The highest BCUT2D eigenvalue weighted by Gasteiger charge is 2.20. The molecule has 7 heteroatoms. The Balaban J connectivity index is 2.02. The van der Waals surface area contributed by atoms with E-state index in [1.54, 1.807) is 12.1 Å². The number of likely N-dealkylation sites (N-methyl/N-ethyl adjacent to an activating group) is 1. The summed E-state index contributed by atoms with van der Waals surface area (Å²) in [4.78, 5) is 32.5. The van der Waals surface area contributed by atoms with E-state index >= 15 is 0 Å². The first-order valence-corrected chi connectivity index (χ1v) is 10.8. The molecule has 0 aliphatic heterocycles. The summed E-state index contributed by atoms with van der Waals surface area (Å²) in [5.74, 6) is -0.409. The Morgan fingerprint density at radius 1 is 1.10 bits per heavy atom. The first-order valence-electron chi connectivity index (χ1n) is 9.96. The van der Waals surface area contributed by atoms with Gasteiger partial charge in [0.25, 0.3) is 5.91 Å². The summed E-state index contributed by atoms with van der Waals surface area (Å²) in [7, 11) is 3.93. The molecule has 0 saturated heterocycles. The van der Waals surface area contributed by atoms with Gasteiger partial charge in [0.15, 0.2) is 4.80 Å². The summed E-state index contributed by atoms with van der Waals surface area (Å²) in [6.45, 7) is 7.16. The second-order valence-electron chi connectivity index (χ2n) is 7.78. The van der Waals surface area contributed by atoms with Crippen molar-refractivity contribution in [1.82, 2.24) is 14.8 Å². The molecular weight excluding hydrogens is 396 g/mol. The lowest BCUT2D eigenvalue weighted by molar-refractivity contribution is -0.123. The fraction of sp³-hybridized carbons (Fsp3) is 0.348. The number of aryl methyl sites for hydroxylation is 2. The molecule has 3 rings (SSSR count). The van der Waals surface area contributed by atoms with Gasteiger partial charge in [-0.15, -0.1) is 0 Å². The van der Waals surface area contributed by atoms with Gasteiger partial charge in [0.2, 0.25) is 5.91 Å². The van der Waals surface area contributed by atoms with Crippen molar-refractivity contribution >= 4 is 33.4 Å². The van der Waals surface area contributed by atoms with Gasteiger partial charge in [0.05, 0.1) is 10.2 Å². The third-order valence-corrected chi connectivity index (χ3v) is 5.92. The van der Waals surface area contributed by atoms with Crippen LogP contribution in [0, 0.1) is 13.8 Å². The molecular formula is C23H28N4O2S. The van der Waals surface area contributed by atoms with E-state index in [1.807, 2.05) is 68.6 Å². The fourth-order valence-corrected chi connectivity index (χ4v) is 4.31. The molecule has 30 heavy (non-hydrogen) atoms. The Bertz CT molecular complexity index is 1130. The average molecular weight is 425 g/mol. The largest absolute Gasteiger partial charge is 0.353 e. The molecule has 0 bridgehead atoms. The van der Waals surface area contributed by atoms with Gasteiger partial charge in [0.1, 0.15) is 6.04 Å². The van der Waals surface area contributed by atoms with Crippen molar-refractivity contribution in [3.63, 3.8) is 0 Å². The normalized spacial score (nSPS) is 13.1. The zero-order chi connectivity index (χ0) is 21.8.